The molecule has 1 saturated heterocycles. The molecule has 2 aromatic rings. The van der Waals surface area contributed by atoms with Crippen LogP contribution in [0.15, 0.2) is 27.9 Å². The number of hydrogen-bond acceptors (Lipinski definition) is 7. The van der Waals surface area contributed by atoms with Crippen LogP contribution in [0.4, 0.5) is 5.69 Å². The number of nitrogens with zero attached hydrogens (tertiary/aromatic N) is 4. The first kappa shape index (κ1) is 25.4. The largest absolute Gasteiger partial charge is 0.489 e. The summed E-state index contributed by atoms with van der Waals surface area (Å²) in [4.78, 5) is 25.4. The van der Waals surface area contributed by atoms with Crippen molar-refractivity contribution >= 4 is 21.6 Å². The maximum atomic E-state index is 13.1. The van der Waals surface area contributed by atoms with Crippen LogP contribution in [-0.2, 0) is 21.4 Å². The van der Waals surface area contributed by atoms with E-state index >= 15 is 0 Å². The van der Waals surface area contributed by atoms with Crippen molar-refractivity contribution in [2.45, 2.75) is 64.5 Å². The lowest BCUT2D eigenvalue weighted by atomic mass is 10.1. The van der Waals surface area contributed by atoms with E-state index in [-0.39, 0.29) is 22.3 Å². The molecule has 0 spiro atoms. The molecule has 0 aliphatic carbocycles. The number of benzene rings is 1. The van der Waals surface area contributed by atoms with Crippen molar-refractivity contribution in [2.75, 3.05) is 18.4 Å². The van der Waals surface area contributed by atoms with Crippen LogP contribution in [0.2, 0.25) is 0 Å². The van der Waals surface area contributed by atoms with Gasteiger partial charge in [0.05, 0.1) is 22.4 Å². The molecule has 0 bridgehead atoms. The summed E-state index contributed by atoms with van der Waals surface area (Å²) in [5.41, 5.74) is 0.364. The van der Waals surface area contributed by atoms with Gasteiger partial charge in [-0.2, -0.15) is 14.7 Å². The number of carbonyl (C=O) groups excluding carboxylic acids is 1. The van der Waals surface area contributed by atoms with Crippen molar-refractivity contribution in [1.82, 2.24) is 14.1 Å². The van der Waals surface area contributed by atoms with E-state index in [1.54, 1.807) is 13.8 Å². The van der Waals surface area contributed by atoms with Crippen LogP contribution >= 0.6 is 0 Å². The Labute approximate surface area is 199 Å². The molecule has 11 heteroatoms. The van der Waals surface area contributed by atoms with Crippen LogP contribution in [0.25, 0.3) is 0 Å². The van der Waals surface area contributed by atoms with Gasteiger partial charge in [0.15, 0.2) is 0 Å². The average molecular weight is 488 g/mol. The molecule has 1 fully saturated rings. The first-order valence-electron chi connectivity index (χ1n) is 11.1. The Bertz CT molecular complexity index is 1290. The fourth-order valence-corrected chi connectivity index (χ4v) is 5.26. The van der Waals surface area contributed by atoms with Crippen LogP contribution < -0.4 is 15.6 Å². The van der Waals surface area contributed by atoms with Gasteiger partial charge in [-0.05, 0) is 64.3 Å². The number of nitrogens with one attached hydrogen (secondary N) is 1. The van der Waals surface area contributed by atoms with Gasteiger partial charge in [-0.1, -0.05) is 6.42 Å². The van der Waals surface area contributed by atoms with Gasteiger partial charge in [0.1, 0.15) is 23.9 Å². The van der Waals surface area contributed by atoms with Gasteiger partial charge in [0.25, 0.3) is 5.56 Å². The number of rotatable bonds is 7. The second-order valence-electron chi connectivity index (χ2n) is 8.50. The Kier molecular flexibility index (Phi) is 7.74. The molecule has 1 aromatic heterocycles. The van der Waals surface area contributed by atoms with Gasteiger partial charge in [-0.25, -0.2) is 13.1 Å². The number of aryl methyl sites for hydroxylation is 1. The monoisotopic (exact) mass is 487 g/mol. The SMILES string of the molecule is Cc1nn(CC(=O)Nc2cc(S(=O)(=O)N3CCCCC3)ccc2OC(C)C)c(=O)c(C#N)c1C. The molecule has 182 valence electrons. The van der Waals surface area contributed by atoms with Crippen LogP contribution in [-0.4, -0.2) is 47.6 Å². The highest BCUT2D eigenvalue weighted by Gasteiger charge is 2.27. The van der Waals surface area contributed by atoms with Gasteiger partial charge >= 0.3 is 0 Å². The predicted molar refractivity (Wildman–Crippen MR) is 126 cm³/mol. The Morgan fingerprint density at radius 3 is 2.53 bits per heavy atom. The summed E-state index contributed by atoms with van der Waals surface area (Å²) >= 11 is 0. The maximum absolute atomic E-state index is 13.1. The zero-order chi connectivity index (χ0) is 25.0. The van der Waals surface area contributed by atoms with E-state index < -0.39 is 28.0 Å². The Morgan fingerprint density at radius 1 is 1.24 bits per heavy atom. The fourth-order valence-electron chi connectivity index (χ4n) is 3.71. The van der Waals surface area contributed by atoms with Gasteiger partial charge in [0.2, 0.25) is 15.9 Å². The first-order chi connectivity index (χ1) is 16.0. The molecule has 0 atom stereocenters. The molecular weight excluding hydrogens is 458 g/mol. The summed E-state index contributed by atoms with van der Waals surface area (Å²) in [6, 6.07) is 6.21. The number of piperidine rings is 1. The molecule has 0 radical (unpaired) electrons. The highest BCUT2D eigenvalue weighted by atomic mass is 32.2. The molecule has 1 N–H and O–H groups in total. The number of hydrogen-bond donors (Lipinski definition) is 1. The van der Waals surface area contributed by atoms with Crippen LogP contribution in [0.1, 0.15) is 49.9 Å². The molecule has 34 heavy (non-hydrogen) atoms. The minimum absolute atomic E-state index is 0.0500. The summed E-state index contributed by atoms with van der Waals surface area (Å²) in [5.74, 6) is -0.304. The van der Waals surface area contributed by atoms with Crippen molar-refractivity contribution in [3.05, 3.63) is 45.4 Å². The van der Waals surface area contributed by atoms with Crippen LogP contribution in [0, 0.1) is 25.2 Å². The van der Waals surface area contributed by atoms with Gasteiger partial charge in [-0.3, -0.25) is 9.59 Å². The molecule has 1 aliphatic heterocycles. The standard InChI is InChI=1S/C23H29N5O5S/c1-15(2)33-21-9-8-18(34(31,32)27-10-6-5-7-11-27)12-20(21)25-22(29)14-28-23(30)19(13-24)16(3)17(4)26-28/h8-9,12,15H,5-7,10-11,14H2,1-4H3,(H,25,29). The number of amides is 1. The summed E-state index contributed by atoms with van der Waals surface area (Å²) in [6.45, 7) is 7.36. The van der Waals surface area contributed by atoms with Crippen LogP contribution in [0.3, 0.4) is 0 Å². The van der Waals surface area contributed by atoms with Crippen molar-refractivity contribution in [2.24, 2.45) is 0 Å². The first-order valence-corrected chi connectivity index (χ1v) is 12.6. The normalized spacial score (nSPS) is 14.6. The van der Waals surface area contributed by atoms with E-state index in [2.05, 4.69) is 10.4 Å². The molecule has 0 saturated carbocycles. The molecule has 1 aliphatic rings. The molecule has 1 aromatic carbocycles. The number of sulfonamides is 1. The number of anilines is 1. The van der Waals surface area contributed by atoms with Gasteiger partial charge in [-0.15, -0.1) is 0 Å². The third kappa shape index (κ3) is 5.46. The van der Waals surface area contributed by atoms with E-state index in [0.717, 1.165) is 23.9 Å². The lowest BCUT2D eigenvalue weighted by Gasteiger charge is -2.26. The van der Waals surface area contributed by atoms with Crippen molar-refractivity contribution in [3.63, 3.8) is 0 Å². The zero-order valence-electron chi connectivity index (χ0n) is 19.8. The lowest BCUT2D eigenvalue weighted by molar-refractivity contribution is -0.117. The van der Waals surface area contributed by atoms with E-state index in [4.69, 9.17) is 4.74 Å². The lowest BCUT2D eigenvalue weighted by Crippen LogP contribution is -2.35. The minimum Gasteiger partial charge on any atom is -0.489 e. The summed E-state index contributed by atoms with van der Waals surface area (Å²) < 4.78 is 34.4. The Morgan fingerprint density at radius 2 is 1.91 bits per heavy atom. The quantitative estimate of drug-likeness (QED) is 0.633. The van der Waals surface area contributed by atoms with Gasteiger partial charge in [0, 0.05) is 13.1 Å². The second-order valence-corrected chi connectivity index (χ2v) is 10.4. The molecular formula is C23H29N5O5S. The highest BCUT2D eigenvalue weighted by Crippen LogP contribution is 2.31. The highest BCUT2D eigenvalue weighted by molar-refractivity contribution is 7.89. The summed E-state index contributed by atoms with van der Waals surface area (Å²) in [7, 11) is -3.73. The molecule has 2 heterocycles. The van der Waals surface area contributed by atoms with E-state index in [0.29, 0.717) is 30.1 Å². The smallest absolute Gasteiger partial charge is 0.285 e. The fraction of sp³-hybridized carbons (Fsp3) is 0.478. The van der Waals surface area contributed by atoms with Gasteiger partial charge < -0.3 is 10.1 Å². The maximum Gasteiger partial charge on any atom is 0.285 e. The number of nitriles is 1. The van der Waals surface area contributed by atoms with Crippen molar-refractivity contribution in [3.8, 4) is 11.8 Å². The van der Waals surface area contributed by atoms with Crippen molar-refractivity contribution < 1.29 is 17.9 Å². The zero-order valence-corrected chi connectivity index (χ0v) is 20.6. The van der Waals surface area contributed by atoms with E-state index in [1.807, 2.05) is 19.9 Å². The number of ether oxygens (including phenoxy) is 1. The molecule has 1 amide bonds. The second kappa shape index (κ2) is 10.4. The Hall–Kier alpha value is -3.23. The van der Waals surface area contributed by atoms with Crippen LogP contribution in [0.5, 0.6) is 5.75 Å². The van der Waals surface area contributed by atoms with E-state index in [9.17, 15) is 23.3 Å². The third-order valence-corrected chi connectivity index (χ3v) is 7.48. The minimum atomic E-state index is -3.73. The summed E-state index contributed by atoms with van der Waals surface area (Å²) in [6.07, 6.45) is 2.38. The van der Waals surface area contributed by atoms with E-state index in [1.165, 1.54) is 22.5 Å². The summed E-state index contributed by atoms with van der Waals surface area (Å²) in [5, 5.41) is 16.0. The molecule has 3 rings (SSSR count). The average Bonchev–Trinajstić information content (AvgIpc) is 2.79. The third-order valence-electron chi connectivity index (χ3n) is 5.58. The van der Waals surface area contributed by atoms with Crippen molar-refractivity contribution in [1.29, 1.82) is 5.26 Å². The predicted octanol–water partition coefficient (Wildman–Crippen LogP) is 2.33. The molecule has 10 nitrogen and oxygen atoms in total. The number of carbonyl (C=O) groups is 1. The topological polar surface area (TPSA) is 134 Å². The molecule has 0 unspecified atom stereocenters. The number of aromatic nitrogens is 2. The Balaban J connectivity index is 1.92.